The SMILES string of the molecule is O=CC(Cc1cc(F)cc(F)c1)N(Cc1ccccc1)Cc1ccccc1. The molecule has 1 unspecified atom stereocenters. The summed E-state index contributed by atoms with van der Waals surface area (Å²) in [6.45, 7) is 1.13. The molecular formula is C23H21F2NO. The average Bonchev–Trinajstić information content (AvgIpc) is 2.66. The number of nitrogens with zero attached hydrogens (tertiary/aromatic N) is 1. The molecule has 0 bridgehead atoms. The van der Waals surface area contributed by atoms with Gasteiger partial charge in [-0.1, -0.05) is 60.7 Å². The van der Waals surface area contributed by atoms with Crippen molar-refractivity contribution in [2.45, 2.75) is 25.6 Å². The molecule has 0 radical (unpaired) electrons. The standard InChI is InChI=1S/C23H21F2NO/c24-21-11-20(12-22(25)14-21)13-23(17-27)26(15-18-7-3-1-4-8-18)16-19-9-5-2-6-10-19/h1-12,14,17,23H,13,15-16H2. The Morgan fingerprint density at radius 1 is 0.741 bits per heavy atom. The van der Waals surface area contributed by atoms with Crippen LogP contribution in [-0.4, -0.2) is 17.2 Å². The molecule has 138 valence electrons. The van der Waals surface area contributed by atoms with Gasteiger partial charge in [0.15, 0.2) is 0 Å². The van der Waals surface area contributed by atoms with Crippen LogP contribution in [0.5, 0.6) is 0 Å². The molecule has 0 spiro atoms. The molecule has 0 saturated carbocycles. The molecule has 0 aliphatic carbocycles. The summed E-state index contributed by atoms with van der Waals surface area (Å²) in [5.74, 6) is -1.26. The van der Waals surface area contributed by atoms with Gasteiger partial charge < -0.3 is 4.79 Å². The molecule has 4 heteroatoms. The van der Waals surface area contributed by atoms with E-state index >= 15 is 0 Å². The van der Waals surface area contributed by atoms with Gasteiger partial charge in [0.05, 0.1) is 6.04 Å². The van der Waals surface area contributed by atoms with Crippen molar-refractivity contribution in [3.8, 4) is 0 Å². The van der Waals surface area contributed by atoms with E-state index in [1.54, 1.807) is 0 Å². The number of halogens is 2. The minimum atomic E-state index is -0.632. The van der Waals surface area contributed by atoms with Crippen LogP contribution in [-0.2, 0) is 24.3 Å². The fourth-order valence-corrected chi connectivity index (χ4v) is 3.16. The first-order valence-corrected chi connectivity index (χ1v) is 8.86. The Hall–Kier alpha value is -2.85. The van der Waals surface area contributed by atoms with Crippen LogP contribution >= 0.6 is 0 Å². The van der Waals surface area contributed by atoms with Crippen molar-refractivity contribution in [3.05, 3.63) is 107 Å². The Balaban J connectivity index is 1.84. The van der Waals surface area contributed by atoms with Crippen molar-refractivity contribution in [2.75, 3.05) is 0 Å². The molecule has 0 N–H and O–H groups in total. The third kappa shape index (κ3) is 5.56. The van der Waals surface area contributed by atoms with E-state index in [0.29, 0.717) is 18.7 Å². The van der Waals surface area contributed by atoms with Crippen molar-refractivity contribution in [1.29, 1.82) is 0 Å². The lowest BCUT2D eigenvalue weighted by Crippen LogP contribution is -2.37. The van der Waals surface area contributed by atoms with Crippen LogP contribution in [0.2, 0.25) is 0 Å². The van der Waals surface area contributed by atoms with E-state index in [1.165, 1.54) is 12.1 Å². The summed E-state index contributed by atoms with van der Waals surface area (Å²) in [4.78, 5) is 13.9. The molecule has 3 rings (SSSR count). The summed E-state index contributed by atoms with van der Waals surface area (Å²) in [5, 5.41) is 0. The molecule has 3 aromatic rings. The summed E-state index contributed by atoms with van der Waals surface area (Å²) in [5.41, 5.74) is 2.62. The summed E-state index contributed by atoms with van der Waals surface area (Å²) in [6.07, 6.45) is 1.10. The maximum Gasteiger partial charge on any atom is 0.137 e. The largest absolute Gasteiger partial charge is 0.302 e. The highest BCUT2D eigenvalue weighted by atomic mass is 19.1. The van der Waals surface area contributed by atoms with Crippen LogP contribution in [0.1, 0.15) is 16.7 Å². The minimum Gasteiger partial charge on any atom is -0.302 e. The molecule has 0 aliphatic heterocycles. The van der Waals surface area contributed by atoms with E-state index in [-0.39, 0.29) is 6.42 Å². The average molecular weight is 365 g/mol. The molecule has 3 aromatic carbocycles. The van der Waals surface area contributed by atoms with Gasteiger partial charge in [-0.25, -0.2) is 8.78 Å². The zero-order chi connectivity index (χ0) is 19.1. The monoisotopic (exact) mass is 365 g/mol. The molecule has 0 saturated heterocycles. The lowest BCUT2D eigenvalue weighted by atomic mass is 10.0. The minimum absolute atomic E-state index is 0.248. The smallest absolute Gasteiger partial charge is 0.137 e. The van der Waals surface area contributed by atoms with Crippen LogP contribution < -0.4 is 0 Å². The van der Waals surface area contributed by atoms with Gasteiger partial charge in [-0.15, -0.1) is 0 Å². The maximum absolute atomic E-state index is 13.5. The lowest BCUT2D eigenvalue weighted by molar-refractivity contribution is -0.112. The van der Waals surface area contributed by atoms with Crippen LogP contribution in [0.4, 0.5) is 8.78 Å². The van der Waals surface area contributed by atoms with Crippen molar-refractivity contribution in [3.63, 3.8) is 0 Å². The topological polar surface area (TPSA) is 20.3 Å². The van der Waals surface area contributed by atoms with Crippen LogP contribution in [0.25, 0.3) is 0 Å². The number of hydrogen-bond donors (Lipinski definition) is 0. The van der Waals surface area contributed by atoms with Crippen LogP contribution in [0.15, 0.2) is 78.9 Å². The Kier molecular flexibility index (Phi) is 6.44. The van der Waals surface area contributed by atoms with E-state index in [0.717, 1.165) is 23.5 Å². The van der Waals surface area contributed by atoms with Crippen molar-refractivity contribution in [2.24, 2.45) is 0 Å². The van der Waals surface area contributed by atoms with E-state index in [4.69, 9.17) is 0 Å². The predicted octanol–water partition coefficient (Wildman–Crippen LogP) is 4.78. The predicted molar refractivity (Wildman–Crippen MR) is 102 cm³/mol. The molecule has 27 heavy (non-hydrogen) atoms. The second-order valence-electron chi connectivity index (χ2n) is 6.56. The fourth-order valence-electron chi connectivity index (χ4n) is 3.16. The molecule has 1 atom stereocenters. The first-order chi connectivity index (χ1) is 13.1. The lowest BCUT2D eigenvalue weighted by Gasteiger charge is -2.28. The third-order valence-corrected chi connectivity index (χ3v) is 4.45. The number of carbonyl (C=O) groups is 1. The van der Waals surface area contributed by atoms with Gasteiger partial charge in [-0.05, 0) is 35.2 Å². The van der Waals surface area contributed by atoms with E-state index in [2.05, 4.69) is 0 Å². The third-order valence-electron chi connectivity index (χ3n) is 4.45. The molecule has 0 amide bonds. The highest BCUT2D eigenvalue weighted by Crippen LogP contribution is 2.17. The van der Waals surface area contributed by atoms with E-state index in [9.17, 15) is 13.6 Å². The summed E-state index contributed by atoms with van der Waals surface area (Å²) in [6, 6.07) is 22.6. The van der Waals surface area contributed by atoms with Gasteiger partial charge >= 0.3 is 0 Å². The number of benzene rings is 3. The van der Waals surface area contributed by atoms with E-state index < -0.39 is 17.7 Å². The van der Waals surface area contributed by atoms with Crippen LogP contribution in [0.3, 0.4) is 0 Å². The molecule has 0 aromatic heterocycles. The Morgan fingerprint density at radius 2 is 1.22 bits per heavy atom. The van der Waals surface area contributed by atoms with E-state index in [1.807, 2.05) is 65.6 Å². The Morgan fingerprint density at radius 3 is 1.67 bits per heavy atom. The van der Waals surface area contributed by atoms with Gasteiger partial charge in [-0.3, -0.25) is 4.90 Å². The quantitative estimate of drug-likeness (QED) is 0.536. The number of carbonyl (C=O) groups excluding carboxylic acids is 1. The number of hydrogen-bond acceptors (Lipinski definition) is 2. The van der Waals surface area contributed by atoms with Crippen molar-refractivity contribution in [1.82, 2.24) is 4.90 Å². The van der Waals surface area contributed by atoms with Gasteiger partial charge in [0.25, 0.3) is 0 Å². The Bertz CT molecular complexity index is 806. The summed E-state index contributed by atoms with van der Waals surface area (Å²) >= 11 is 0. The van der Waals surface area contributed by atoms with Crippen molar-refractivity contribution >= 4 is 6.29 Å². The second kappa shape index (κ2) is 9.19. The van der Waals surface area contributed by atoms with Gasteiger partial charge in [0.1, 0.15) is 17.9 Å². The first-order valence-electron chi connectivity index (χ1n) is 8.86. The highest BCUT2D eigenvalue weighted by molar-refractivity contribution is 5.58. The normalized spacial score (nSPS) is 12.1. The first kappa shape index (κ1) is 18.9. The summed E-state index contributed by atoms with van der Waals surface area (Å²) in [7, 11) is 0. The second-order valence-corrected chi connectivity index (χ2v) is 6.56. The van der Waals surface area contributed by atoms with Gasteiger partial charge in [-0.2, -0.15) is 0 Å². The van der Waals surface area contributed by atoms with Gasteiger partial charge in [0.2, 0.25) is 0 Å². The maximum atomic E-state index is 13.5. The van der Waals surface area contributed by atoms with Crippen LogP contribution in [0, 0.1) is 11.6 Å². The molecule has 0 heterocycles. The van der Waals surface area contributed by atoms with Gasteiger partial charge in [0, 0.05) is 19.2 Å². The summed E-state index contributed by atoms with van der Waals surface area (Å²) < 4.78 is 27.1. The number of rotatable bonds is 8. The zero-order valence-electron chi connectivity index (χ0n) is 14.9. The molecule has 0 aliphatic rings. The molecule has 0 fully saturated rings. The Labute approximate surface area is 158 Å². The number of aldehydes is 1. The zero-order valence-corrected chi connectivity index (χ0v) is 14.9. The molecular weight excluding hydrogens is 344 g/mol. The fraction of sp³-hybridized carbons (Fsp3) is 0.174. The molecule has 2 nitrogen and oxygen atoms in total. The highest BCUT2D eigenvalue weighted by Gasteiger charge is 2.20. The van der Waals surface area contributed by atoms with Crippen molar-refractivity contribution < 1.29 is 13.6 Å².